The van der Waals surface area contributed by atoms with Crippen molar-refractivity contribution in [1.82, 2.24) is 0 Å². The monoisotopic (exact) mass is 538 g/mol. The largest absolute Gasteiger partial charge is 0.390 e. The molecule has 5 aliphatic rings. The van der Waals surface area contributed by atoms with Crippen LogP contribution in [0.5, 0.6) is 0 Å². The smallest absolute Gasteiger partial charge is 0.190 e. The zero-order chi connectivity index (χ0) is 28.2. The highest BCUT2D eigenvalue weighted by atomic mass is 19.1. The molecule has 212 valence electrons. The SMILES string of the molecule is C[C@@H]1C[C@H]2[C@@H]3CCC4=CC(=O)C(C5O[C@H](C)[C@@H](O)[C@H](O)[C@@H]5O)=C[C@]4(C)[C@@]3(F)[C@@H](O)C[C@]2(C)[C@@]1(O)C(=O)CO. The molecule has 9 nitrogen and oxygen atoms in total. The molecule has 0 radical (unpaired) electrons. The van der Waals surface area contributed by atoms with Gasteiger partial charge in [-0.3, -0.25) is 9.59 Å². The van der Waals surface area contributed by atoms with Gasteiger partial charge in [0.15, 0.2) is 17.2 Å². The van der Waals surface area contributed by atoms with Gasteiger partial charge in [0, 0.05) is 22.3 Å². The van der Waals surface area contributed by atoms with Crippen LogP contribution in [0.2, 0.25) is 0 Å². The van der Waals surface area contributed by atoms with Gasteiger partial charge in [0.25, 0.3) is 0 Å². The fourth-order valence-corrected chi connectivity index (χ4v) is 8.92. The van der Waals surface area contributed by atoms with Gasteiger partial charge in [-0.15, -0.1) is 0 Å². The lowest BCUT2D eigenvalue weighted by atomic mass is 9.44. The third-order valence-electron chi connectivity index (χ3n) is 11.1. The van der Waals surface area contributed by atoms with Crippen molar-refractivity contribution in [2.24, 2.45) is 28.6 Å². The first-order valence-electron chi connectivity index (χ1n) is 13.5. The highest BCUT2D eigenvalue weighted by molar-refractivity contribution is 6.07. The van der Waals surface area contributed by atoms with E-state index in [1.807, 2.05) is 0 Å². The molecule has 10 heteroatoms. The van der Waals surface area contributed by atoms with Crippen LogP contribution in [0.1, 0.15) is 53.4 Å². The number of rotatable bonds is 3. The quantitative estimate of drug-likeness (QED) is 0.293. The molecule has 1 saturated heterocycles. The maximum atomic E-state index is 17.7. The van der Waals surface area contributed by atoms with Gasteiger partial charge in [0.1, 0.15) is 36.6 Å². The van der Waals surface area contributed by atoms with Gasteiger partial charge < -0.3 is 35.4 Å². The summed E-state index contributed by atoms with van der Waals surface area (Å²) in [4.78, 5) is 26.0. The van der Waals surface area contributed by atoms with Crippen molar-refractivity contribution in [3.05, 3.63) is 23.3 Å². The maximum absolute atomic E-state index is 17.7. The number of fused-ring (bicyclic) bond motifs is 5. The molecule has 5 rings (SSSR count). The van der Waals surface area contributed by atoms with E-state index in [0.29, 0.717) is 24.8 Å². The van der Waals surface area contributed by atoms with Crippen LogP contribution in [0.15, 0.2) is 23.3 Å². The Hall–Kier alpha value is -1.53. The summed E-state index contributed by atoms with van der Waals surface area (Å²) in [6, 6.07) is 0. The van der Waals surface area contributed by atoms with Gasteiger partial charge in [-0.2, -0.15) is 0 Å². The van der Waals surface area contributed by atoms with Crippen molar-refractivity contribution in [3.63, 3.8) is 0 Å². The summed E-state index contributed by atoms with van der Waals surface area (Å²) in [7, 11) is 0. The van der Waals surface area contributed by atoms with E-state index in [0.717, 1.165) is 0 Å². The van der Waals surface area contributed by atoms with E-state index in [2.05, 4.69) is 0 Å². The number of Topliss-reactive ketones (excluding diaryl/α,β-unsaturated/α-hetero) is 1. The number of hydrogen-bond donors (Lipinski definition) is 6. The molecule has 38 heavy (non-hydrogen) atoms. The van der Waals surface area contributed by atoms with Crippen LogP contribution in [-0.4, -0.2) is 96.7 Å². The second-order valence-electron chi connectivity index (χ2n) is 12.7. The van der Waals surface area contributed by atoms with Gasteiger partial charge >= 0.3 is 0 Å². The van der Waals surface area contributed by atoms with Gasteiger partial charge in [0.05, 0.1) is 12.2 Å². The second kappa shape index (κ2) is 8.73. The van der Waals surface area contributed by atoms with Gasteiger partial charge in [-0.1, -0.05) is 25.5 Å². The Morgan fingerprint density at radius 1 is 1.11 bits per heavy atom. The molecule has 0 aromatic carbocycles. The first-order chi connectivity index (χ1) is 17.6. The molecule has 4 fully saturated rings. The predicted molar refractivity (Wildman–Crippen MR) is 131 cm³/mol. The number of aliphatic hydroxyl groups is 6. The van der Waals surface area contributed by atoms with Crippen LogP contribution in [0.25, 0.3) is 0 Å². The van der Waals surface area contributed by atoms with E-state index in [9.17, 15) is 40.2 Å². The highest BCUT2D eigenvalue weighted by Gasteiger charge is 2.75. The Kier molecular flexibility index (Phi) is 6.44. The first-order valence-corrected chi connectivity index (χ1v) is 13.5. The summed E-state index contributed by atoms with van der Waals surface area (Å²) in [5.74, 6) is -3.04. The lowest BCUT2D eigenvalue weighted by Gasteiger charge is -2.63. The molecule has 0 aromatic rings. The minimum atomic E-state index is -2.27. The Balaban J connectivity index is 1.59. The summed E-state index contributed by atoms with van der Waals surface area (Å²) >= 11 is 0. The van der Waals surface area contributed by atoms with E-state index in [4.69, 9.17) is 4.74 Å². The zero-order valence-corrected chi connectivity index (χ0v) is 22.2. The molecule has 1 unspecified atom stereocenters. The minimum absolute atomic E-state index is 0.0495. The molecule has 1 heterocycles. The van der Waals surface area contributed by atoms with Crippen LogP contribution in [-0.2, 0) is 14.3 Å². The number of halogens is 1. The van der Waals surface area contributed by atoms with Gasteiger partial charge in [0.2, 0.25) is 0 Å². The van der Waals surface area contributed by atoms with E-state index < -0.39 is 94.7 Å². The Morgan fingerprint density at radius 3 is 2.39 bits per heavy atom. The average molecular weight is 539 g/mol. The summed E-state index contributed by atoms with van der Waals surface area (Å²) in [6.45, 7) is 5.65. The minimum Gasteiger partial charge on any atom is -0.390 e. The predicted octanol–water partition coefficient (Wildman–Crippen LogP) is 0.136. The van der Waals surface area contributed by atoms with E-state index in [-0.39, 0.29) is 12.0 Å². The molecule has 13 atom stereocenters. The van der Waals surface area contributed by atoms with Crippen molar-refractivity contribution in [2.45, 2.75) is 101 Å². The fraction of sp³-hybridized carbons (Fsp3) is 0.786. The molecule has 0 bridgehead atoms. The molecular formula is C28H39FO9. The number of allylic oxidation sites excluding steroid dienone is 3. The lowest BCUT2D eigenvalue weighted by Crippen LogP contribution is -2.69. The number of alkyl halides is 1. The molecule has 6 N–H and O–H groups in total. The summed E-state index contributed by atoms with van der Waals surface area (Å²) in [5, 5.41) is 63.9. The van der Waals surface area contributed by atoms with E-state index in [1.54, 1.807) is 20.8 Å². The molecule has 0 aromatic heterocycles. The van der Waals surface area contributed by atoms with E-state index >= 15 is 4.39 Å². The van der Waals surface area contributed by atoms with Crippen LogP contribution in [0.4, 0.5) is 4.39 Å². The summed E-state index contributed by atoms with van der Waals surface area (Å²) < 4.78 is 23.4. The topological polar surface area (TPSA) is 165 Å². The van der Waals surface area contributed by atoms with Crippen molar-refractivity contribution in [2.75, 3.05) is 6.61 Å². The number of carbonyl (C=O) groups is 2. The van der Waals surface area contributed by atoms with Crippen molar-refractivity contribution >= 4 is 11.6 Å². The van der Waals surface area contributed by atoms with Gasteiger partial charge in [-0.05, 0) is 57.4 Å². The van der Waals surface area contributed by atoms with Gasteiger partial charge in [-0.25, -0.2) is 4.39 Å². The molecule has 0 spiro atoms. The fourth-order valence-electron chi connectivity index (χ4n) is 8.92. The molecular weight excluding hydrogens is 499 g/mol. The third-order valence-corrected chi connectivity index (χ3v) is 11.1. The van der Waals surface area contributed by atoms with Crippen molar-refractivity contribution in [1.29, 1.82) is 0 Å². The number of hydrogen-bond acceptors (Lipinski definition) is 9. The Labute approximate surface area is 221 Å². The molecule has 3 saturated carbocycles. The van der Waals surface area contributed by atoms with Crippen molar-refractivity contribution < 1.29 is 49.4 Å². The Bertz CT molecular complexity index is 1110. The zero-order valence-electron chi connectivity index (χ0n) is 22.2. The normalized spacial score (nSPS) is 54.4. The standard InChI is InChI=1S/C28H39FO9/c1-12-7-17-16-6-5-14-8-18(31)15(24-23(36)22(35)21(34)13(2)38-24)9-25(14,3)27(16,29)19(32)10-26(17,4)28(12,37)20(33)11-30/h8-9,12-13,16-17,19,21-24,30,32,34-37H,5-7,10-11H2,1-4H3/t12-,13-,16+,17+,19+,21-,22+,23+,24?,25+,26+,27+,28+/m1/s1. The number of carbonyl (C=O) groups excluding carboxylic acids is 2. The Morgan fingerprint density at radius 2 is 1.76 bits per heavy atom. The number of ketones is 2. The number of ether oxygens (including phenoxy) is 1. The first kappa shape index (κ1) is 28.0. The lowest BCUT2D eigenvalue weighted by molar-refractivity contribution is -0.221. The van der Waals surface area contributed by atoms with Crippen molar-refractivity contribution in [3.8, 4) is 0 Å². The van der Waals surface area contributed by atoms with Crippen LogP contribution in [0, 0.1) is 28.6 Å². The number of aliphatic hydroxyl groups excluding tert-OH is 5. The average Bonchev–Trinajstić information content (AvgIpc) is 3.07. The second-order valence-corrected chi connectivity index (χ2v) is 12.7. The van der Waals surface area contributed by atoms with Crippen LogP contribution < -0.4 is 0 Å². The molecule has 1 aliphatic heterocycles. The third kappa shape index (κ3) is 3.22. The molecule has 0 amide bonds. The van der Waals surface area contributed by atoms with Crippen LogP contribution in [0.3, 0.4) is 0 Å². The van der Waals surface area contributed by atoms with E-state index in [1.165, 1.54) is 19.1 Å². The summed E-state index contributed by atoms with van der Waals surface area (Å²) in [6.07, 6.45) is -4.87. The maximum Gasteiger partial charge on any atom is 0.190 e. The summed E-state index contributed by atoms with van der Waals surface area (Å²) in [5.41, 5.74) is -6.38. The highest BCUT2D eigenvalue weighted by Crippen LogP contribution is 2.71. The van der Waals surface area contributed by atoms with Crippen LogP contribution >= 0.6 is 0 Å². The molecule has 4 aliphatic carbocycles.